The Labute approximate surface area is 67.4 Å². The Bertz CT molecular complexity index is 135. The van der Waals surface area contributed by atoms with Crippen molar-refractivity contribution in [1.29, 1.82) is 0 Å². The van der Waals surface area contributed by atoms with Gasteiger partial charge in [-0.3, -0.25) is 4.79 Å². The Kier molecular flexibility index (Phi) is 5.47. The van der Waals surface area contributed by atoms with Crippen LogP contribution in [0.2, 0.25) is 0 Å². The zero-order chi connectivity index (χ0) is 8.69. The predicted molar refractivity (Wildman–Crippen MR) is 44.3 cm³/mol. The van der Waals surface area contributed by atoms with Crippen LogP contribution in [0.1, 0.15) is 13.3 Å². The molecule has 0 spiro atoms. The third-order valence-electron chi connectivity index (χ3n) is 1.32. The van der Waals surface area contributed by atoms with Gasteiger partial charge in [0.25, 0.3) is 0 Å². The number of methoxy groups -OCH3 is 1. The van der Waals surface area contributed by atoms with E-state index in [2.05, 4.69) is 16.6 Å². The molecule has 0 amide bonds. The van der Waals surface area contributed by atoms with Gasteiger partial charge in [0.2, 0.25) is 0 Å². The minimum Gasteiger partial charge on any atom is -0.469 e. The van der Waals surface area contributed by atoms with Gasteiger partial charge < -0.3 is 10.1 Å². The van der Waals surface area contributed by atoms with E-state index < -0.39 is 0 Å². The van der Waals surface area contributed by atoms with E-state index in [-0.39, 0.29) is 5.97 Å². The normalized spacial score (nSPS) is 15.3. The number of ether oxygens (including phenoxy) is 1. The van der Waals surface area contributed by atoms with E-state index in [1.807, 2.05) is 0 Å². The third-order valence-corrected chi connectivity index (χ3v) is 1.32. The standard InChI is InChI=1S/C5H9N.C3H6O2/c1-5-2-3-6-4-5;1-3(4)5-2/h6H,1-4H2;1-2H3. The van der Waals surface area contributed by atoms with Gasteiger partial charge in [-0.05, 0) is 13.0 Å². The van der Waals surface area contributed by atoms with Crippen LogP contribution < -0.4 is 5.32 Å². The molecule has 0 aromatic carbocycles. The Morgan fingerprint density at radius 3 is 2.36 bits per heavy atom. The second kappa shape index (κ2) is 5.92. The first-order valence-corrected chi connectivity index (χ1v) is 3.58. The number of rotatable bonds is 0. The molecule has 0 aromatic heterocycles. The van der Waals surface area contributed by atoms with Crippen LogP contribution in [-0.4, -0.2) is 26.2 Å². The van der Waals surface area contributed by atoms with Crippen molar-refractivity contribution in [2.24, 2.45) is 0 Å². The summed E-state index contributed by atoms with van der Waals surface area (Å²) in [5.74, 6) is -0.245. The maximum Gasteiger partial charge on any atom is 0.302 e. The maximum absolute atomic E-state index is 9.59. The van der Waals surface area contributed by atoms with Gasteiger partial charge in [0, 0.05) is 13.5 Å². The van der Waals surface area contributed by atoms with Crippen molar-refractivity contribution >= 4 is 5.97 Å². The molecule has 3 heteroatoms. The van der Waals surface area contributed by atoms with Crippen LogP contribution in [0.3, 0.4) is 0 Å². The van der Waals surface area contributed by atoms with E-state index in [0.717, 1.165) is 13.1 Å². The lowest BCUT2D eigenvalue weighted by Crippen LogP contribution is -2.04. The van der Waals surface area contributed by atoms with Gasteiger partial charge >= 0.3 is 5.97 Å². The lowest BCUT2D eigenvalue weighted by molar-refractivity contribution is -0.137. The van der Waals surface area contributed by atoms with Crippen LogP contribution in [0.15, 0.2) is 12.2 Å². The first kappa shape index (κ1) is 10.2. The zero-order valence-electron chi connectivity index (χ0n) is 7.14. The average Bonchev–Trinajstić information content (AvgIpc) is 2.41. The molecule has 1 aliphatic heterocycles. The summed E-state index contributed by atoms with van der Waals surface area (Å²) in [6.45, 7) is 7.33. The zero-order valence-corrected chi connectivity index (χ0v) is 7.14. The predicted octanol–water partition coefficient (Wildman–Crippen LogP) is 0.715. The van der Waals surface area contributed by atoms with Crippen LogP contribution in [0.25, 0.3) is 0 Å². The molecule has 0 aliphatic carbocycles. The van der Waals surface area contributed by atoms with Gasteiger partial charge in [0.1, 0.15) is 0 Å². The lowest BCUT2D eigenvalue weighted by atomic mass is 10.3. The van der Waals surface area contributed by atoms with Gasteiger partial charge in [0.15, 0.2) is 0 Å². The quantitative estimate of drug-likeness (QED) is 0.416. The molecule has 1 heterocycles. The molecule has 3 nitrogen and oxygen atoms in total. The first-order valence-electron chi connectivity index (χ1n) is 3.58. The summed E-state index contributed by atoms with van der Waals surface area (Å²) in [6.07, 6.45) is 1.18. The summed E-state index contributed by atoms with van der Waals surface area (Å²) < 4.78 is 4.11. The molecule has 0 aromatic rings. The molecule has 0 bridgehead atoms. The van der Waals surface area contributed by atoms with E-state index in [4.69, 9.17) is 0 Å². The Hall–Kier alpha value is -0.830. The second-order valence-corrected chi connectivity index (χ2v) is 2.37. The third kappa shape index (κ3) is 7.06. The molecule has 0 atom stereocenters. The summed E-state index contributed by atoms with van der Waals surface area (Å²) in [5, 5.41) is 3.17. The molecule has 1 aliphatic rings. The maximum atomic E-state index is 9.59. The number of carbonyl (C=O) groups is 1. The van der Waals surface area contributed by atoms with Gasteiger partial charge in [-0.15, -0.1) is 0 Å². The minimum atomic E-state index is -0.245. The fraction of sp³-hybridized carbons (Fsp3) is 0.625. The summed E-state index contributed by atoms with van der Waals surface area (Å²) in [6, 6.07) is 0. The van der Waals surface area contributed by atoms with Crippen LogP contribution in [0.4, 0.5) is 0 Å². The van der Waals surface area contributed by atoms with E-state index in [9.17, 15) is 4.79 Å². The number of esters is 1. The molecule has 1 N–H and O–H groups in total. The smallest absolute Gasteiger partial charge is 0.302 e. The van der Waals surface area contributed by atoms with Crippen molar-refractivity contribution in [2.75, 3.05) is 20.2 Å². The number of nitrogens with one attached hydrogen (secondary N) is 1. The van der Waals surface area contributed by atoms with Crippen molar-refractivity contribution in [3.8, 4) is 0 Å². The topological polar surface area (TPSA) is 38.3 Å². The second-order valence-electron chi connectivity index (χ2n) is 2.37. The first-order chi connectivity index (χ1) is 5.16. The van der Waals surface area contributed by atoms with Crippen LogP contribution in [-0.2, 0) is 9.53 Å². The van der Waals surface area contributed by atoms with Crippen molar-refractivity contribution in [3.63, 3.8) is 0 Å². The van der Waals surface area contributed by atoms with Gasteiger partial charge in [0.05, 0.1) is 7.11 Å². The van der Waals surface area contributed by atoms with Crippen molar-refractivity contribution < 1.29 is 9.53 Å². The molecule has 1 saturated heterocycles. The molecular formula is C8H15NO2. The summed E-state index contributed by atoms with van der Waals surface area (Å²) in [4.78, 5) is 9.59. The highest BCUT2D eigenvalue weighted by Crippen LogP contribution is 1.99. The molecule has 11 heavy (non-hydrogen) atoms. The fourth-order valence-electron chi connectivity index (χ4n) is 0.619. The van der Waals surface area contributed by atoms with Crippen LogP contribution in [0, 0.1) is 0 Å². The monoisotopic (exact) mass is 157 g/mol. The SMILES string of the molecule is C=C1CCNC1.COC(C)=O. The Morgan fingerprint density at radius 2 is 2.27 bits per heavy atom. The van der Waals surface area contributed by atoms with E-state index >= 15 is 0 Å². The highest BCUT2D eigenvalue weighted by Gasteiger charge is 1.99. The highest BCUT2D eigenvalue weighted by molar-refractivity contribution is 5.65. The molecule has 1 fully saturated rings. The highest BCUT2D eigenvalue weighted by atomic mass is 16.5. The molecule has 64 valence electrons. The van der Waals surface area contributed by atoms with E-state index in [1.54, 1.807) is 0 Å². The minimum absolute atomic E-state index is 0.245. The summed E-state index contributed by atoms with van der Waals surface area (Å²) in [7, 11) is 1.35. The summed E-state index contributed by atoms with van der Waals surface area (Å²) >= 11 is 0. The van der Waals surface area contributed by atoms with Crippen LogP contribution in [0.5, 0.6) is 0 Å². The van der Waals surface area contributed by atoms with E-state index in [1.165, 1.54) is 26.0 Å². The summed E-state index contributed by atoms with van der Waals surface area (Å²) in [5.41, 5.74) is 1.34. The molecule has 0 saturated carbocycles. The molecule has 0 radical (unpaired) electrons. The van der Waals surface area contributed by atoms with E-state index in [0.29, 0.717) is 0 Å². The molecule has 0 unspecified atom stereocenters. The largest absolute Gasteiger partial charge is 0.469 e. The van der Waals surface area contributed by atoms with Gasteiger partial charge in [-0.1, -0.05) is 12.2 Å². The molecule has 1 rings (SSSR count). The Morgan fingerprint density at radius 1 is 1.73 bits per heavy atom. The van der Waals surface area contributed by atoms with Gasteiger partial charge in [-0.25, -0.2) is 0 Å². The van der Waals surface area contributed by atoms with Crippen molar-refractivity contribution in [3.05, 3.63) is 12.2 Å². The van der Waals surface area contributed by atoms with Crippen molar-refractivity contribution in [1.82, 2.24) is 5.32 Å². The van der Waals surface area contributed by atoms with Crippen molar-refractivity contribution in [2.45, 2.75) is 13.3 Å². The van der Waals surface area contributed by atoms with Gasteiger partial charge in [-0.2, -0.15) is 0 Å². The lowest BCUT2D eigenvalue weighted by Gasteiger charge is -1.80. The number of carbonyl (C=O) groups excluding carboxylic acids is 1. The Balaban J connectivity index is 0.000000187. The fourth-order valence-corrected chi connectivity index (χ4v) is 0.619. The molecular weight excluding hydrogens is 142 g/mol. The van der Waals surface area contributed by atoms with Crippen LogP contribution >= 0.6 is 0 Å². The number of hydrogen-bond donors (Lipinski definition) is 1. The average molecular weight is 157 g/mol. The number of hydrogen-bond acceptors (Lipinski definition) is 3.